The van der Waals surface area contributed by atoms with Crippen LogP contribution >= 0.6 is 11.8 Å². The fourth-order valence-corrected chi connectivity index (χ4v) is 3.28. The molecule has 0 aromatic heterocycles. The van der Waals surface area contributed by atoms with Crippen LogP contribution in [0, 0.1) is 26.7 Å². The standard InChI is InChI=1S/C15H22N2OS/c1-10-4-11(2)15(12(3)5-10)17-14(18)9-19-8-13-6-16-7-13/h4-5,13,16H,6-9H2,1-3H3,(H,17,18). The summed E-state index contributed by atoms with van der Waals surface area (Å²) >= 11 is 1.73. The summed E-state index contributed by atoms with van der Waals surface area (Å²) in [4.78, 5) is 11.9. The van der Waals surface area contributed by atoms with Crippen LogP contribution < -0.4 is 10.6 Å². The quantitative estimate of drug-likeness (QED) is 0.869. The molecule has 0 unspecified atom stereocenters. The highest BCUT2D eigenvalue weighted by molar-refractivity contribution is 7.99. The highest BCUT2D eigenvalue weighted by Crippen LogP contribution is 2.22. The zero-order valence-electron chi connectivity index (χ0n) is 11.9. The molecule has 0 aliphatic carbocycles. The molecule has 1 aliphatic rings. The van der Waals surface area contributed by atoms with Gasteiger partial charge >= 0.3 is 0 Å². The molecule has 3 nitrogen and oxygen atoms in total. The SMILES string of the molecule is Cc1cc(C)c(NC(=O)CSCC2CNC2)c(C)c1. The third kappa shape index (κ3) is 3.98. The average molecular weight is 278 g/mol. The summed E-state index contributed by atoms with van der Waals surface area (Å²) in [5, 5.41) is 6.29. The maximum atomic E-state index is 11.9. The van der Waals surface area contributed by atoms with Gasteiger partial charge in [0.15, 0.2) is 0 Å². The van der Waals surface area contributed by atoms with E-state index in [4.69, 9.17) is 0 Å². The Morgan fingerprint density at radius 3 is 2.47 bits per heavy atom. The van der Waals surface area contributed by atoms with Crippen LogP contribution in [-0.2, 0) is 4.79 Å². The summed E-state index contributed by atoms with van der Waals surface area (Å²) in [6.45, 7) is 8.37. The number of carbonyl (C=O) groups is 1. The second kappa shape index (κ2) is 6.44. The van der Waals surface area contributed by atoms with Crippen LogP contribution in [0.5, 0.6) is 0 Å². The van der Waals surface area contributed by atoms with Gasteiger partial charge in [-0.2, -0.15) is 11.8 Å². The molecule has 1 amide bonds. The predicted octanol–water partition coefficient (Wildman–Crippen LogP) is 2.50. The number of carbonyl (C=O) groups excluding carboxylic acids is 1. The number of benzene rings is 1. The molecule has 4 heteroatoms. The average Bonchev–Trinajstić information content (AvgIpc) is 2.27. The van der Waals surface area contributed by atoms with E-state index >= 15 is 0 Å². The van der Waals surface area contributed by atoms with Crippen LogP contribution in [0.4, 0.5) is 5.69 Å². The van der Waals surface area contributed by atoms with Crippen molar-refractivity contribution in [1.82, 2.24) is 5.32 Å². The van der Waals surface area contributed by atoms with E-state index in [-0.39, 0.29) is 5.91 Å². The Balaban J connectivity index is 1.84. The van der Waals surface area contributed by atoms with Crippen molar-refractivity contribution in [2.45, 2.75) is 20.8 Å². The number of nitrogens with one attached hydrogen (secondary N) is 2. The molecule has 0 bridgehead atoms. The van der Waals surface area contributed by atoms with Gasteiger partial charge in [0.25, 0.3) is 0 Å². The molecule has 1 fully saturated rings. The first-order valence-electron chi connectivity index (χ1n) is 6.72. The summed E-state index contributed by atoms with van der Waals surface area (Å²) in [7, 11) is 0. The molecule has 2 N–H and O–H groups in total. The Hall–Kier alpha value is -1.00. The Labute approximate surface area is 119 Å². The van der Waals surface area contributed by atoms with Crippen molar-refractivity contribution >= 4 is 23.4 Å². The lowest BCUT2D eigenvalue weighted by molar-refractivity contribution is -0.113. The maximum Gasteiger partial charge on any atom is 0.234 e. The normalized spacial score (nSPS) is 15.1. The van der Waals surface area contributed by atoms with Crippen molar-refractivity contribution in [3.8, 4) is 0 Å². The number of amides is 1. The Bertz CT molecular complexity index is 446. The number of hydrogen-bond acceptors (Lipinski definition) is 3. The molecule has 0 radical (unpaired) electrons. The molecule has 0 saturated carbocycles. The van der Waals surface area contributed by atoms with Gasteiger partial charge in [0.2, 0.25) is 5.91 Å². The fourth-order valence-electron chi connectivity index (χ4n) is 2.34. The topological polar surface area (TPSA) is 41.1 Å². The summed E-state index contributed by atoms with van der Waals surface area (Å²) in [6, 6.07) is 4.21. The molecule has 2 rings (SSSR count). The first-order valence-corrected chi connectivity index (χ1v) is 7.88. The number of aryl methyl sites for hydroxylation is 3. The van der Waals surface area contributed by atoms with Crippen LogP contribution in [0.1, 0.15) is 16.7 Å². The number of thioether (sulfide) groups is 1. The Kier molecular flexibility index (Phi) is 4.88. The van der Waals surface area contributed by atoms with Crippen molar-refractivity contribution in [2.24, 2.45) is 5.92 Å². The van der Waals surface area contributed by atoms with E-state index in [9.17, 15) is 4.79 Å². The summed E-state index contributed by atoms with van der Waals surface area (Å²) in [5.74, 6) is 2.48. The van der Waals surface area contributed by atoms with Gasteiger partial charge in [0.05, 0.1) is 5.75 Å². The van der Waals surface area contributed by atoms with Gasteiger partial charge in [-0.15, -0.1) is 0 Å². The molecule has 1 aliphatic heterocycles. The molecule has 0 atom stereocenters. The molecular formula is C15H22N2OS. The van der Waals surface area contributed by atoms with E-state index in [0.717, 1.165) is 41.6 Å². The third-order valence-corrected chi connectivity index (χ3v) is 4.57. The minimum atomic E-state index is 0.104. The van der Waals surface area contributed by atoms with Crippen LogP contribution in [0.15, 0.2) is 12.1 Å². The summed E-state index contributed by atoms with van der Waals surface area (Å²) < 4.78 is 0. The number of hydrogen-bond donors (Lipinski definition) is 2. The first-order chi connectivity index (χ1) is 9.06. The van der Waals surface area contributed by atoms with Crippen molar-refractivity contribution in [3.63, 3.8) is 0 Å². The molecule has 1 aromatic rings. The molecule has 1 heterocycles. The van der Waals surface area contributed by atoms with Gasteiger partial charge in [-0.05, 0) is 56.7 Å². The van der Waals surface area contributed by atoms with Crippen LogP contribution in [0.3, 0.4) is 0 Å². The zero-order chi connectivity index (χ0) is 13.8. The number of rotatable bonds is 5. The third-order valence-electron chi connectivity index (χ3n) is 3.39. The predicted molar refractivity (Wildman–Crippen MR) is 83.0 cm³/mol. The molecule has 19 heavy (non-hydrogen) atoms. The molecule has 0 spiro atoms. The van der Waals surface area contributed by atoms with Gasteiger partial charge in [-0.3, -0.25) is 4.79 Å². The van der Waals surface area contributed by atoms with Crippen molar-refractivity contribution < 1.29 is 4.79 Å². The van der Waals surface area contributed by atoms with Gasteiger partial charge < -0.3 is 10.6 Å². The molecule has 1 saturated heterocycles. The minimum Gasteiger partial charge on any atom is -0.325 e. The monoisotopic (exact) mass is 278 g/mol. The Morgan fingerprint density at radius 1 is 1.32 bits per heavy atom. The lowest BCUT2D eigenvalue weighted by Crippen LogP contribution is -2.43. The first kappa shape index (κ1) is 14.4. The van der Waals surface area contributed by atoms with Crippen molar-refractivity contribution in [2.75, 3.05) is 29.9 Å². The van der Waals surface area contributed by atoms with Gasteiger partial charge in [-0.25, -0.2) is 0 Å². The van der Waals surface area contributed by atoms with E-state index in [1.807, 2.05) is 13.8 Å². The van der Waals surface area contributed by atoms with E-state index in [1.54, 1.807) is 11.8 Å². The molecule has 1 aromatic carbocycles. The molecular weight excluding hydrogens is 256 g/mol. The van der Waals surface area contributed by atoms with Crippen LogP contribution in [0.2, 0.25) is 0 Å². The Morgan fingerprint density at radius 2 is 1.95 bits per heavy atom. The lowest BCUT2D eigenvalue weighted by Gasteiger charge is -2.26. The van der Waals surface area contributed by atoms with Gasteiger partial charge in [0.1, 0.15) is 0 Å². The zero-order valence-corrected chi connectivity index (χ0v) is 12.7. The second-order valence-corrected chi connectivity index (χ2v) is 6.39. The molecule has 104 valence electrons. The summed E-state index contributed by atoms with van der Waals surface area (Å²) in [5.41, 5.74) is 4.49. The maximum absolute atomic E-state index is 11.9. The van der Waals surface area contributed by atoms with E-state index in [0.29, 0.717) is 5.75 Å². The minimum absolute atomic E-state index is 0.104. The smallest absolute Gasteiger partial charge is 0.234 e. The largest absolute Gasteiger partial charge is 0.325 e. The van der Waals surface area contributed by atoms with Crippen LogP contribution in [0.25, 0.3) is 0 Å². The number of anilines is 1. The van der Waals surface area contributed by atoms with Crippen molar-refractivity contribution in [1.29, 1.82) is 0 Å². The highest BCUT2D eigenvalue weighted by atomic mass is 32.2. The van der Waals surface area contributed by atoms with Gasteiger partial charge in [-0.1, -0.05) is 17.7 Å². The second-order valence-electron chi connectivity index (χ2n) is 5.36. The fraction of sp³-hybridized carbons (Fsp3) is 0.533. The van der Waals surface area contributed by atoms with E-state index in [1.165, 1.54) is 5.56 Å². The van der Waals surface area contributed by atoms with E-state index in [2.05, 4.69) is 29.7 Å². The van der Waals surface area contributed by atoms with Crippen LogP contribution in [-0.4, -0.2) is 30.5 Å². The van der Waals surface area contributed by atoms with Crippen molar-refractivity contribution in [3.05, 3.63) is 28.8 Å². The highest BCUT2D eigenvalue weighted by Gasteiger charge is 2.17. The van der Waals surface area contributed by atoms with E-state index < -0.39 is 0 Å². The van der Waals surface area contributed by atoms with Gasteiger partial charge in [0, 0.05) is 5.69 Å². The summed E-state index contributed by atoms with van der Waals surface area (Å²) in [6.07, 6.45) is 0. The lowest BCUT2D eigenvalue weighted by atomic mass is 10.1.